The SMILES string of the molecule is CC(C)COc1ncnc2ccccc12. The number of fused-ring (bicyclic) bond motifs is 1. The smallest absolute Gasteiger partial charge is 0.224 e. The Morgan fingerprint density at radius 2 is 2.00 bits per heavy atom. The molecule has 0 atom stereocenters. The van der Waals surface area contributed by atoms with E-state index in [1.807, 2.05) is 24.3 Å². The molecule has 0 N–H and O–H groups in total. The quantitative estimate of drug-likeness (QED) is 0.767. The second-order valence-electron chi connectivity index (χ2n) is 3.90. The molecule has 1 heterocycles. The van der Waals surface area contributed by atoms with Crippen molar-refractivity contribution >= 4 is 10.9 Å². The highest BCUT2D eigenvalue weighted by Crippen LogP contribution is 2.20. The van der Waals surface area contributed by atoms with Gasteiger partial charge < -0.3 is 4.74 Å². The van der Waals surface area contributed by atoms with E-state index >= 15 is 0 Å². The molecule has 2 aromatic rings. The predicted octanol–water partition coefficient (Wildman–Crippen LogP) is 2.66. The van der Waals surface area contributed by atoms with E-state index in [2.05, 4.69) is 23.8 Å². The van der Waals surface area contributed by atoms with Crippen molar-refractivity contribution in [3.63, 3.8) is 0 Å². The fourth-order valence-corrected chi connectivity index (χ4v) is 1.34. The lowest BCUT2D eigenvalue weighted by molar-refractivity contribution is 0.264. The van der Waals surface area contributed by atoms with Crippen LogP contribution in [0.3, 0.4) is 0 Å². The van der Waals surface area contributed by atoms with Crippen LogP contribution in [-0.2, 0) is 0 Å². The summed E-state index contributed by atoms with van der Waals surface area (Å²) in [5.41, 5.74) is 0.922. The zero-order valence-corrected chi connectivity index (χ0v) is 8.97. The first-order chi connectivity index (χ1) is 7.27. The maximum Gasteiger partial charge on any atom is 0.224 e. The topological polar surface area (TPSA) is 35.0 Å². The van der Waals surface area contributed by atoms with E-state index in [9.17, 15) is 0 Å². The van der Waals surface area contributed by atoms with Crippen LogP contribution in [0.15, 0.2) is 30.6 Å². The van der Waals surface area contributed by atoms with Crippen LogP contribution in [0.1, 0.15) is 13.8 Å². The number of ether oxygens (including phenoxy) is 1. The third-order valence-corrected chi connectivity index (χ3v) is 2.06. The molecule has 3 nitrogen and oxygen atoms in total. The highest BCUT2D eigenvalue weighted by atomic mass is 16.5. The van der Waals surface area contributed by atoms with Crippen LogP contribution in [0.2, 0.25) is 0 Å². The average Bonchev–Trinajstić information content (AvgIpc) is 2.26. The third kappa shape index (κ3) is 2.24. The molecule has 2 rings (SSSR count). The summed E-state index contributed by atoms with van der Waals surface area (Å²) in [6.45, 7) is 4.91. The van der Waals surface area contributed by atoms with Crippen molar-refractivity contribution in [2.45, 2.75) is 13.8 Å². The standard InChI is InChI=1S/C12H14N2O/c1-9(2)7-15-12-10-5-3-4-6-11(10)13-8-14-12/h3-6,8-9H,7H2,1-2H3. The van der Waals surface area contributed by atoms with Gasteiger partial charge in [0.25, 0.3) is 0 Å². The summed E-state index contributed by atoms with van der Waals surface area (Å²) in [5.74, 6) is 1.17. The molecule has 0 fully saturated rings. The Bertz CT molecular complexity index is 449. The molecule has 0 saturated carbocycles. The first-order valence-corrected chi connectivity index (χ1v) is 5.10. The zero-order chi connectivity index (χ0) is 10.7. The van der Waals surface area contributed by atoms with E-state index in [-0.39, 0.29) is 0 Å². The summed E-state index contributed by atoms with van der Waals surface area (Å²) >= 11 is 0. The molecule has 0 unspecified atom stereocenters. The molecule has 0 aliphatic carbocycles. The molecule has 15 heavy (non-hydrogen) atoms. The number of para-hydroxylation sites is 1. The van der Waals surface area contributed by atoms with Crippen LogP contribution in [-0.4, -0.2) is 16.6 Å². The van der Waals surface area contributed by atoms with Gasteiger partial charge in [0, 0.05) is 0 Å². The second kappa shape index (κ2) is 4.26. The van der Waals surface area contributed by atoms with Crippen LogP contribution in [0.25, 0.3) is 10.9 Å². The molecule has 1 aromatic heterocycles. The molecule has 0 aliphatic rings. The molecule has 0 saturated heterocycles. The fraction of sp³-hybridized carbons (Fsp3) is 0.333. The Hall–Kier alpha value is -1.64. The Morgan fingerprint density at radius 3 is 2.80 bits per heavy atom. The minimum Gasteiger partial charge on any atom is -0.477 e. The van der Waals surface area contributed by atoms with Gasteiger partial charge in [-0.15, -0.1) is 0 Å². The van der Waals surface area contributed by atoms with Gasteiger partial charge in [-0.05, 0) is 18.1 Å². The normalized spacial score (nSPS) is 10.9. The molecular weight excluding hydrogens is 188 g/mol. The van der Waals surface area contributed by atoms with Crippen molar-refractivity contribution in [2.75, 3.05) is 6.61 Å². The van der Waals surface area contributed by atoms with Gasteiger partial charge in [-0.1, -0.05) is 26.0 Å². The van der Waals surface area contributed by atoms with Crippen molar-refractivity contribution in [3.05, 3.63) is 30.6 Å². The first-order valence-electron chi connectivity index (χ1n) is 5.10. The summed E-state index contributed by atoms with van der Waals surface area (Å²) in [7, 11) is 0. The maximum absolute atomic E-state index is 5.63. The van der Waals surface area contributed by atoms with E-state index in [0.29, 0.717) is 18.4 Å². The average molecular weight is 202 g/mol. The van der Waals surface area contributed by atoms with E-state index in [4.69, 9.17) is 4.74 Å². The van der Waals surface area contributed by atoms with Gasteiger partial charge in [0.15, 0.2) is 0 Å². The van der Waals surface area contributed by atoms with Crippen molar-refractivity contribution in [2.24, 2.45) is 5.92 Å². The van der Waals surface area contributed by atoms with Gasteiger partial charge in [0.1, 0.15) is 6.33 Å². The number of hydrogen-bond acceptors (Lipinski definition) is 3. The van der Waals surface area contributed by atoms with E-state index < -0.39 is 0 Å². The molecule has 0 spiro atoms. The number of benzene rings is 1. The summed E-state index contributed by atoms with van der Waals surface area (Å²) in [6, 6.07) is 7.86. The van der Waals surface area contributed by atoms with Gasteiger partial charge in [0.2, 0.25) is 5.88 Å². The van der Waals surface area contributed by atoms with Gasteiger partial charge in [0.05, 0.1) is 17.5 Å². The highest BCUT2D eigenvalue weighted by molar-refractivity contribution is 5.82. The van der Waals surface area contributed by atoms with Gasteiger partial charge in [-0.2, -0.15) is 0 Å². The van der Waals surface area contributed by atoms with Gasteiger partial charge in [-0.25, -0.2) is 9.97 Å². The van der Waals surface area contributed by atoms with Crippen LogP contribution >= 0.6 is 0 Å². The van der Waals surface area contributed by atoms with Crippen LogP contribution in [0, 0.1) is 5.92 Å². The highest BCUT2D eigenvalue weighted by Gasteiger charge is 2.04. The van der Waals surface area contributed by atoms with Crippen LogP contribution in [0.5, 0.6) is 5.88 Å². The Morgan fingerprint density at radius 1 is 1.20 bits per heavy atom. The van der Waals surface area contributed by atoms with E-state index in [1.54, 1.807) is 0 Å². The molecule has 0 aliphatic heterocycles. The van der Waals surface area contributed by atoms with E-state index in [0.717, 1.165) is 10.9 Å². The van der Waals surface area contributed by atoms with Crippen LogP contribution in [0.4, 0.5) is 0 Å². The monoisotopic (exact) mass is 202 g/mol. The molecule has 0 bridgehead atoms. The minimum absolute atomic E-state index is 0.499. The molecule has 3 heteroatoms. The first kappa shape index (κ1) is 9.90. The van der Waals surface area contributed by atoms with E-state index in [1.165, 1.54) is 6.33 Å². The molecule has 1 aromatic carbocycles. The lowest BCUT2D eigenvalue weighted by atomic mass is 10.2. The number of rotatable bonds is 3. The summed E-state index contributed by atoms with van der Waals surface area (Å²) < 4.78 is 5.63. The van der Waals surface area contributed by atoms with Crippen molar-refractivity contribution < 1.29 is 4.74 Å². The van der Waals surface area contributed by atoms with Gasteiger partial charge in [-0.3, -0.25) is 0 Å². The second-order valence-corrected chi connectivity index (χ2v) is 3.90. The minimum atomic E-state index is 0.499. The third-order valence-electron chi connectivity index (χ3n) is 2.06. The fourth-order valence-electron chi connectivity index (χ4n) is 1.34. The zero-order valence-electron chi connectivity index (χ0n) is 8.97. The molecule has 0 amide bonds. The number of aromatic nitrogens is 2. The maximum atomic E-state index is 5.63. The summed E-state index contributed by atoms with van der Waals surface area (Å²) in [6.07, 6.45) is 1.54. The summed E-state index contributed by atoms with van der Waals surface area (Å²) in [4.78, 5) is 8.32. The lowest BCUT2D eigenvalue weighted by Crippen LogP contribution is -2.06. The number of nitrogens with zero attached hydrogens (tertiary/aromatic N) is 2. The largest absolute Gasteiger partial charge is 0.477 e. The predicted molar refractivity (Wildman–Crippen MR) is 59.9 cm³/mol. The molecule has 78 valence electrons. The Labute approximate surface area is 89.1 Å². The lowest BCUT2D eigenvalue weighted by Gasteiger charge is -2.09. The Balaban J connectivity index is 2.34. The van der Waals surface area contributed by atoms with Crippen molar-refractivity contribution in [3.8, 4) is 5.88 Å². The van der Waals surface area contributed by atoms with Crippen molar-refractivity contribution in [1.29, 1.82) is 0 Å². The van der Waals surface area contributed by atoms with Crippen molar-refractivity contribution in [1.82, 2.24) is 9.97 Å². The molecule has 0 radical (unpaired) electrons. The van der Waals surface area contributed by atoms with Gasteiger partial charge >= 0.3 is 0 Å². The Kier molecular flexibility index (Phi) is 2.81. The molecular formula is C12H14N2O. The number of hydrogen-bond donors (Lipinski definition) is 0. The van der Waals surface area contributed by atoms with Crippen LogP contribution < -0.4 is 4.74 Å². The summed E-state index contributed by atoms with van der Waals surface area (Å²) in [5, 5.41) is 0.973.